The van der Waals surface area contributed by atoms with Crippen LogP contribution in [-0.2, 0) is 24.3 Å². The summed E-state index contributed by atoms with van der Waals surface area (Å²) in [4.78, 5) is 25.2. The Kier molecular flexibility index (Phi) is 5.02. The number of ether oxygens (including phenoxy) is 1. The van der Waals surface area contributed by atoms with Crippen LogP contribution in [0.5, 0.6) is 5.75 Å². The summed E-state index contributed by atoms with van der Waals surface area (Å²) in [6.07, 6.45) is 0.461. The highest BCUT2D eigenvalue weighted by Gasteiger charge is 2.23. The summed E-state index contributed by atoms with van der Waals surface area (Å²) < 4.78 is 7.32. The highest BCUT2D eigenvalue weighted by atomic mass is 16.5. The van der Waals surface area contributed by atoms with Crippen LogP contribution in [0.3, 0.4) is 0 Å². The quantitative estimate of drug-likeness (QED) is 0.867. The van der Waals surface area contributed by atoms with Crippen LogP contribution in [0.4, 0.5) is 0 Å². The van der Waals surface area contributed by atoms with Gasteiger partial charge < -0.3 is 14.7 Å². The van der Waals surface area contributed by atoms with Crippen LogP contribution in [0.15, 0.2) is 30.3 Å². The summed E-state index contributed by atoms with van der Waals surface area (Å²) in [5, 5.41) is 13.2. The third-order valence-corrected chi connectivity index (χ3v) is 4.12. The summed E-state index contributed by atoms with van der Waals surface area (Å²) in [5.74, 6) is -0.190. The minimum atomic E-state index is -0.836. The molecule has 2 heterocycles. The van der Waals surface area contributed by atoms with E-state index < -0.39 is 5.97 Å². The van der Waals surface area contributed by atoms with E-state index in [0.29, 0.717) is 44.0 Å². The Bertz CT molecular complexity index is 784. The van der Waals surface area contributed by atoms with Gasteiger partial charge in [-0.15, -0.1) is 0 Å². The van der Waals surface area contributed by atoms with Crippen molar-refractivity contribution < 1.29 is 19.4 Å². The number of amides is 1. The average molecular weight is 343 g/mol. The molecule has 0 saturated heterocycles. The molecule has 0 unspecified atom stereocenters. The van der Waals surface area contributed by atoms with Crippen molar-refractivity contribution in [1.29, 1.82) is 0 Å². The molecule has 0 bridgehead atoms. The predicted octanol–water partition coefficient (Wildman–Crippen LogP) is 1.95. The summed E-state index contributed by atoms with van der Waals surface area (Å²) in [6.45, 7) is 4.11. The molecule has 2 aromatic rings. The predicted molar refractivity (Wildman–Crippen MR) is 90.5 cm³/mol. The number of aliphatic carboxylic acids is 1. The van der Waals surface area contributed by atoms with Crippen LogP contribution in [0.1, 0.15) is 35.1 Å². The molecule has 1 aromatic carbocycles. The second-order valence-corrected chi connectivity index (χ2v) is 5.93. The van der Waals surface area contributed by atoms with E-state index in [9.17, 15) is 9.59 Å². The molecule has 0 spiro atoms. The van der Waals surface area contributed by atoms with Crippen LogP contribution in [-0.4, -0.2) is 44.8 Å². The number of rotatable bonds is 6. The molecule has 0 aliphatic carbocycles. The fraction of sp³-hybridized carbons (Fsp3) is 0.389. The zero-order valence-electron chi connectivity index (χ0n) is 14.1. The van der Waals surface area contributed by atoms with Crippen LogP contribution in [0, 0.1) is 0 Å². The molecule has 7 nitrogen and oxygen atoms in total. The van der Waals surface area contributed by atoms with Gasteiger partial charge in [0.1, 0.15) is 5.75 Å². The van der Waals surface area contributed by atoms with E-state index in [4.69, 9.17) is 9.84 Å². The normalized spacial score (nSPS) is 13.4. The van der Waals surface area contributed by atoms with Gasteiger partial charge in [-0.25, -0.2) is 0 Å². The second kappa shape index (κ2) is 7.38. The van der Waals surface area contributed by atoms with E-state index in [1.54, 1.807) is 17.0 Å². The van der Waals surface area contributed by atoms with Gasteiger partial charge >= 0.3 is 5.97 Å². The molecule has 132 valence electrons. The molecule has 0 saturated carbocycles. The first kappa shape index (κ1) is 17.0. The van der Waals surface area contributed by atoms with E-state index in [0.717, 1.165) is 11.4 Å². The van der Waals surface area contributed by atoms with Gasteiger partial charge in [0.2, 0.25) is 0 Å². The number of hydrogen-bond donors (Lipinski definition) is 1. The van der Waals surface area contributed by atoms with Gasteiger partial charge in [0.25, 0.3) is 5.91 Å². The summed E-state index contributed by atoms with van der Waals surface area (Å²) in [7, 11) is 0. The maximum Gasteiger partial charge on any atom is 0.303 e. The molecule has 1 aromatic heterocycles. The zero-order chi connectivity index (χ0) is 17.8. The Balaban J connectivity index is 1.70. The van der Waals surface area contributed by atoms with Crippen molar-refractivity contribution in [3.63, 3.8) is 0 Å². The van der Waals surface area contributed by atoms with Crippen molar-refractivity contribution in [2.45, 2.75) is 32.9 Å². The molecule has 0 fully saturated rings. The Labute approximate surface area is 145 Å². The van der Waals surface area contributed by atoms with Crippen LogP contribution in [0.25, 0.3) is 0 Å². The molecule has 1 N–H and O–H groups in total. The number of aromatic nitrogens is 2. The number of aryl methyl sites for hydroxylation is 1. The van der Waals surface area contributed by atoms with E-state index >= 15 is 0 Å². The topological polar surface area (TPSA) is 84.7 Å². The molecule has 0 radical (unpaired) electrons. The summed E-state index contributed by atoms with van der Waals surface area (Å²) in [6, 6.07) is 9.08. The van der Waals surface area contributed by atoms with Gasteiger partial charge in [0, 0.05) is 18.5 Å². The molecule has 25 heavy (non-hydrogen) atoms. The molecule has 7 heteroatoms. The van der Waals surface area contributed by atoms with E-state index in [2.05, 4.69) is 5.10 Å². The van der Waals surface area contributed by atoms with E-state index in [-0.39, 0.29) is 12.3 Å². The lowest BCUT2D eigenvalue weighted by Gasteiger charge is -2.27. The number of fused-ring (bicyclic) bond motifs is 1. The van der Waals surface area contributed by atoms with E-state index in [1.165, 1.54) is 0 Å². The lowest BCUT2D eigenvalue weighted by Crippen LogP contribution is -2.38. The first-order chi connectivity index (χ1) is 12.1. The second-order valence-electron chi connectivity index (χ2n) is 5.93. The van der Waals surface area contributed by atoms with Crippen LogP contribution < -0.4 is 4.74 Å². The van der Waals surface area contributed by atoms with Crippen molar-refractivity contribution in [3.05, 3.63) is 47.3 Å². The van der Waals surface area contributed by atoms with Gasteiger partial charge in [0.05, 0.1) is 37.5 Å². The number of carboxylic acid groups (broad SMARTS) is 1. The van der Waals surface area contributed by atoms with Crippen molar-refractivity contribution in [3.8, 4) is 5.75 Å². The first-order valence-corrected chi connectivity index (χ1v) is 8.36. The molecular formula is C18H21N3O4. The largest absolute Gasteiger partial charge is 0.494 e. The van der Waals surface area contributed by atoms with Crippen LogP contribution in [0.2, 0.25) is 0 Å². The Morgan fingerprint density at radius 3 is 2.88 bits per heavy atom. The molecule has 3 rings (SSSR count). The highest BCUT2D eigenvalue weighted by molar-refractivity contribution is 5.94. The van der Waals surface area contributed by atoms with Gasteiger partial charge in [-0.2, -0.15) is 5.10 Å². The van der Waals surface area contributed by atoms with Gasteiger partial charge in [-0.05, 0) is 31.2 Å². The maximum absolute atomic E-state index is 12.8. The van der Waals surface area contributed by atoms with Gasteiger partial charge in [0.15, 0.2) is 0 Å². The van der Waals surface area contributed by atoms with E-state index in [1.807, 2.05) is 29.8 Å². The molecule has 0 atom stereocenters. The Morgan fingerprint density at radius 2 is 2.12 bits per heavy atom. The highest BCUT2D eigenvalue weighted by Crippen LogP contribution is 2.19. The number of hydrogen-bond acceptors (Lipinski definition) is 4. The lowest BCUT2D eigenvalue weighted by atomic mass is 10.1. The number of benzene rings is 1. The summed E-state index contributed by atoms with van der Waals surface area (Å²) in [5.41, 5.74) is 2.29. The number of carbonyl (C=O) groups excluding carboxylic acids is 1. The number of carbonyl (C=O) groups is 2. The SMILES string of the molecule is CCOc1cccc(C(=O)N2CCn3nc(CCC(=O)O)cc3C2)c1. The zero-order valence-corrected chi connectivity index (χ0v) is 14.1. The lowest BCUT2D eigenvalue weighted by molar-refractivity contribution is -0.136. The Morgan fingerprint density at radius 1 is 1.28 bits per heavy atom. The molecular weight excluding hydrogens is 322 g/mol. The number of carboxylic acids is 1. The fourth-order valence-corrected chi connectivity index (χ4v) is 2.92. The third kappa shape index (κ3) is 3.99. The van der Waals surface area contributed by atoms with Gasteiger partial charge in [-0.1, -0.05) is 6.07 Å². The average Bonchev–Trinajstić information content (AvgIpc) is 3.02. The Hall–Kier alpha value is -2.83. The van der Waals surface area contributed by atoms with Crippen molar-refractivity contribution in [1.82, 2.24) is 14.7 Å². The van der Waals surface area contributed by atoms with Crippen LogP contribution >= 0.6 is 0 Å². The molecule has 1 aliphatic rings. The third-order valence-electron chi connectivity index (χ3n) is 4.12. The fourth-order valence-electron chi connectivity index (χ4n) is 2.92. The van der Waals surface area contributed by atoms with Crippen molar-refractivity contribution in [2.75, 3.05) is 13.2 Å². The molecule has 1 aliphatic heterocycles. The maximum atomic E-state index is 12.8. The first-order valence-electron chi connectivity index (χ1n) is 8.36. The van der Waals surface area contributed by atoms with Crippen molar-refractivity contribution in [2.24, 2.45) is 0 Å². The monoisotopic (exact) mass is 343 g/mol. The van der Waals surface area contributed by atoms with Gasteiger partial charge in [-0.3, -0.25) is 14.3 Å². The summed E-state index contributed by atoms with van der Waals surface area (Å²) >= 11 is 0. The number of nitrogens with zero attached hydrogens (tertiary/aromatic N) is 3. The smallest absolute Gasteiger partial charge is 0.303 e. The minimum Gasteiger partial charge on any atom is -0.494 e. The minimum absolute atomic E-state index is 0.0407. The van der Waals surface area contributed by atoms with Crippen molar-refractivity contribution >= 4 is 11.9 Å². The molecule has 1 amide bonds. The standard InChI is InChI=1S/C18H21N3O4/c1-2-25-16-5-3-4-13(10-16)18(24)20-8-9-21-15(12-20)11-14(19-21)6-7-17(22)23/h3-5,10-11H,2,6-9,12H2,1H3,(H,22,23).